The van der Waals surface area contributed by atoms with Crippen molar-refractivity contribution in [1.29, 1.82) is 0 Å². The normalized spacial score (nSPS) is 11.2. The molecule has 0 heterocycles. The number of rotatable bonds is 8. The van der Waals surface area contributed by atoms with Crippen molar-refractivity contribution in [2.45, 2.75) is 44.9 Å². The predicted octanol–water partition coefficient (Wildman–Crippen LogP) is 4.02. The number of sulfonamides is 1. The van der Waals surface area contributed by atoms with Crippen LogP contribution in [0.2, 0.25) is 0 Å². The average molecular weight is 375 g/mol. The van der Waals surface area contributed by atoms with E-state index >= 15 is 0 Å². The fourth-order valence-corrected chi connectivity index (χ4v) is 3.90. The summed E-state index contributed by atoms with van der Waals surface area (Å²) in [5, 5.41) is 2.83. The van der Waals surface area contributed by atoms with Crippen molar-refractivity contribution in [2.24, 2.45) is 0 Å². The molecule has 2 rings (SSSR count). The van der Waals surface area contributed by atoms with Crippen LogP contribution in [0.25, 0.3) is 0 Å². The van der Waals surface area contributed by atoms with E-state index in [1.807, 2.05) is 32.0 Å². The number of para-hydroxylation sites is 1. The van der Waals surface area contributed by atoms with Crippen LogP contribution in [-0.2, 0) is 10.0 Å². The van der Waals surface area contributed by atoms with Crippen LogP contribution in [0.4, 0.5) is 5.69 Å². The standard InChI is InChI=1S/C20H26N2O3S/c1-4-5-6-13-21-20(23)17-11-8-12-18(14-17)26(24,25)22-19-15(2)9-7-10-16(19)3/h7-12,14,22H,4-6,13H2,1-3H3,(H,21,23). The van der Waals surface area contributed by atoms with E-state index in [0.29, 0.717) is 17.8 Å². The highest BCUT2D eigenvalue weighted by atomic mass is 32.2. The zero-order valence-corrected chi connectivity index (χ0v) is 16.3. The first-order valence-corrected chi connectivity index (χ1v) is 10.3. The molecule has 0 aliphatic rings. The van der Waals surface area contributed by atoms with Crippen LogP contribution in [0.15, 0.2) is 47.4 Å². The van der Waals surface area contributed by atoms with E-state index in [-0.39, 0.29) is 10.8 Å². The largest absolute Gasteiger partial charge is 0.352 e. The molecule has 2 N–H and O–H groups in total. The fourth-order valence-electron chi connectivity index (χ4n) is 2.65. The molecule has 0 fully saturated rings. The molecule has 6 heteroatoms. The van der Waals surface area contributed by atoms with Gasteiger partial charge in [0.2, 0.25) is 0 Å². The maximum atomic E-state index is 12.7. The number of hydrogen-bond acceptors (Lipinski definition) is 3. The summed E-state index contributed by atoms with van der Waals surface area (Å²) in [5.41, 5.74) is 2.60. The smallest absolute Gasteiger partial charge is 0.261 e. The van der Waals surface area contributed by atoms with Crippen molar-refractivity contribution < 1.29 is 13.2 Å². The molecule has 0 bridgehead atoms. The summed E-state index contributed by atoms with van der Waals surface area (Å²) in [7, 11) is -3.77. The van der Waals surface area contributed by atoms with Gasteiger partial charge in [0.05, 0.1) is 10.6 Å². The van der Waals surface area contributed by atoms with Crippen LogP contribution in [0.3, 0.4) is 0 Å². The van der Waals surface area contributed by atoms with E-state index in [1.165, 1.54) is 12.1 Å². The van der Waals surface area contributed by atoms with Gasteiger partial charge in [-0.25, -0.2) is 8.42 Å². The minimum Gasteiger partial charge on any atom is -0.352 e. The molecule has 1 amide bonds. The molecule has 0 aromatic heterocycles. The number of amides is 1. The third kappa shape index (κ3) is 5.08. The zero-order chi connectivity index (χ0) is 19.2. The van der Waals surface area contributed by atoms with Gasteiger partial charge in [0.15, 0.2) is 0 Å². The first-order chi connectivity index (χ1) is 12.3. The summed E-state index contributed by atoms with van der Waals surface area (Å²) >= 11 is 0. The second-order valence-corrected chi connectivity index (χ2v) is 8.05. The van der Waals surface area contributed by atoms with Crippen molar-refractivity contribution in [3.8, 4) is 0 Å². The number of anilines is 1. The molecule has 140 valence electrons. The second kappa shape index (κ2) is 8.85. The minimum absolute atomic E-state index is 0.0707. The van der Waals surface area contributed by atoms with Gasteiger partial charge in [-0.3, -0.25) is 9.52 Å². The van der Waals surface area contributed by atoms with E-state index < -0.39 is 10.0 Å². The van der Waals surface area contributed by atoms with Gasteiger partial charge in [0.25, 0.3) is 15.9 Å². The molecule has 0 atom stereocenters. The zero-order valence-electron chi connectivity index (χ0n) is 15.5. The predicted molar refractivity (Wildman–Crippen MR) is 105 cm³/mol. The molecule has 2 aromatic rings. The van der Waals surface area contributed by atoms with Crippen molar-refractivity contribution in [2.75, 3.05) is 11.3 Å². The lowest BCUT2D eigenvalue weighted by molar-refractivity contribution is 0.0952. The maximum absolute atomic E-state index is 12.7. The molecule has 0 aliphatic carbocycles. The van der Waals surface area contributed by atoms with Gasteiger partial charge in [0.1, 0.15) is 0 Å². The van der Waals surface area contributed by atoms with Gasteiger partial charge in [-0.1, -0.05) is 44.0 Å². The highest BCUT2D eigenvalue weighted by Crippen LogP contribution is 2.23. The monoisotopic (exact) mass is 374 g/mol. The second-order valence-electron chi connectivity index (χ2n) is 6.36. The number of aryl methyl sites for hydroxylation is 2. The van der Waals surface area contributed by atoms with Crippen molar-refractivity contribution in [1.82, 2.24) is 5.32 Å². The molecule has 26 heavy (non-hydrogen) atoms. The average Bonchev–Trinajstić information content (AvgIpc) is 2.62. The Morgan fingerprint density at radius 1 is 1.00 bits per heavy atom. The SMILES string of the molecule is CCCCCNC(=O)c1cccc(S(=O)(=O)Nc2c(C)cccc2C)c1. The Kier molecular flexibility index (Phi) is 6.80. The topological polar surface area (TPSA) is 75.3 Å². The Morgan fingerprint density at radius 2 is 1.65 bits per heavy atom. The number of nitrogens with one attached hydrogen (secondary N) is 2. The molecule has 2 aromatic carbocycles. The van der Waals surface area contributed by atoms with Crippen molar-refractivity contribution in [3.05, 3.63) is 59.2 Å². The molecule has 5 nitrogen and oxygen atoms in total. The van der Waals surface area contributed by atoms with Gasteiger partial charge in [-0.2, -0.15) is 0 Å². The molecule has 0 unspecified atom stereocenters. The lowest BCUT2D eigenvalue weighted by atomic mass is 10.1. The quantitative estimate of drug-likeness (QED) is 0.685. The molecule has 0 saturated carbocycles. The van der Waals surface area contributed by atoms with Crippen molar-refractivity contribution >= 4 is 21.6 Å². The molecular formula is C20H26N2O3S. The van der Waals surface area contributed by atoms with E-state index in [2.05, 4.69) is 17.0 Å². The summed E-state index contributed by atoms with van der Waals surface area (Å²) in [4.78, 5) is 12.3. The first-order valence-electron chi connectivity index (χ1n) is 8.82. The van der Waals surface area contributed by atoms with Gasteiger partial charge in [0, 0.05) is 12.1 Å². The van der Waals surface area contributed by atoms with Gasteiger partial charge < -0.3 is 5.32 Å². The van der Waals surface area contributed by atoms with E-state index in [4.69, 9.17) is 0 Å². The summed E-state index contributed by atoms with van der Waals surface area (Å²) in [6.07, 6.45) is 3.04. The van der Waals surface area contributed by atoms with Crippen LogP contribution in [-0.4, -0.2) is 20.9 Å². The van der Waals surface area contributed by atoms with Gasteiger partial charge >= 0.3 is 0 Å². The van der Waals surface area contributed by atoms with Crippen LogP contribution >= 0.6 is 0 Å². The van der Waals surface area contributed by atoms with E-state index in [1.54, 1.807) is 12.1 Å². The molecule has 0 radical (unpaired) electrons. The van der Waals surface area contributed by atoms with Crippen LogP contribution in [0, 0.1) is 13.8 Å². The number of carbonyl (C=O) groups excluding carboxylic acids is 1. The van der Waals surface area contributed by atoms with E-state index in [0.717, 1.165) is 30.4 Å². The van der Waals surface area contributed by atoms with Crippen LogP contribution in [0.1, 0.15) is 47.7 Å². The van der Waals surface area contributed by atoms with Crippen LogP contribution < -0.4 is 10.0 Å². The summed E-state index contributed by atoms with van der Waals surface area (Å²) in [6.45, 7) is 6.39. The molecular weight excluding hydrogens is 348 g/mol. The Morgan fingerprint density at radius 3 is 2.31 bits per heavy atom. The number of carbonyl (C=O) groups is 1. The Hall–Kier alpha value is -2.34. The fraction of sp³-hybridized carbons (Fsp3) is 0.350. The summed E-state index contributed by atoms with van der Waals surface area (Å²) in [5.74, 6) is -0.259. The van der Waals surface area contributed by atoms with Gasteiger partial charge in [-0.05, 0) is 49.6 Å². The van der Waals surface area contributed by atoms with E-state index in [9.17, 15) is 13.2 Å². The Labute approximate surface area is 155 Å². The Balaban J connectivity index is 2.19. The van der Waals surface area contributed by atoms with Crippen molar-refractivity contribution in [3.63, 3.8) is 0 Å². The molecule has 0 aliphatic heterocycles. The number of unbranched alkanes of at least 4 members (excludes halogenated alkanes) is 2. The third-order valence-electron chi connectivity index (χ3n) is 4.19. The highest BCUT2D eigenvalue weighted by Gasteiger charge is 2.18. The third-order valence-corrected chi connectivity index (χ3v) is 5.54. The minimum atomic E-state index is -3.77. The number of benzene rings is 2. The molecule has 0 spiro atoms. The summed E-state index contributed by atoms with van der Waals surface area (Å²) < 4.78 is 28.1. The summed E-state index contributed by atoms with van der Waals surface area (Å²) in [6, 6.07) is 11.7. The highest BCUT2D eigenvalue weighted by molar-refractivity contribution is 7.92. The first kappa shape index (κ1) is 20.0. The van der Waals surface area contributed by atoms with Crippen LogP contribution in [0.5, 0.6) is 0 Å². The van der Waals surface area contributed by atoms with Gasteiger partial charge in [-0.15, -0.1) is 0 Å². The Bertz CT molecular complexity index is 856. The number of hydrogen-bond donors (Lipinski definition) is 2. The molecule has 0 saturated heterocycles. The maximum Gasteiger partial charge on any atom is 0.261 e. The lowest BCUT2D eigenvalue weighted by Crippen LogP contribution is -2.25. The lowest BCUT2D eigenvalue weighted by Gasteiger charge is -2.14.